The van der Waals surface area contributed by atoms with E-state index in [1.54, 1.807) is 13.0 Å². The van der Waals surface area contributed by atoms with Crippen LogP contribution in [0.3, 0.4) is 0 Å². The molecule has 1 aromatic rings. The van der Waals surface area contributed by atoms with Gasteiger partial charge in [0.1, 0.15) is 0 Å². The van der Waals surface area contributed by atoms with E-state index in [2.05, 4.69) is 98.9 Å². The summed E-state index contributed by atoms with van der Waals surface area (Å²) in [6.45, 7) is 27.6. The summed E-state index contributed by atoms with van der Waals surface area (Å²) in [6.07, 6.45) is 13.4. The molecule has 0 bridgehead atoms. The van der Waals surface area contributed by atoms with Crippen LogP contribution in [0.15, 0.2) is 36.4 Å². The van der Waals surface area contributed by atoms with Crippen molar-refractivity contribution in [2.75, 3.05) is 6.61 Å². The number of benzene rings is 1. The Morgan fingerprint density at radius 2 is 1.40 bits per heavy atom. The Balaban J connectivity index is 3.25. The molecule has 0 saturated heterocycles. The maximum absolute atomic E-state index is 11.6. The van der Waals surface area contributed by atoms with E-state index in [1.807, 2.05) is 18.2 Å². The first-order valence-electron chi connectivity index (χ1n) is 16.5. The second-order valence-corrected chi connectivity index (χ2v) is 24.4. The van der Waals surface area contributed by atoms with Gasteiger partial charge in [-0.05, 0) is 79.6 Å². The molecule has 0 heterocycles. The molecule has 3 atom stereocenters. The van der Waals surface area contributed by atoms with E-state index in [-0.39, 0.29) is 28.3 Å². The van der Waals surface area contributed by atoms with Crippen molar-refractivity contribution in [1.82, 2.24) is 0 Å². The lowest BCUT2D eigenvalue weighted by Gasteiger charge is -2.44. The van der Waals surface area contributed by atoms with Gasteiger partial charge in [-0.25, -0.2) is 0 Å². The van der Waals surface area contributed by atoms with Crippen LogP contribution in [-0.4, -0.2) is 52.6 Å². The monoisotopic (exact) mass is 632 g/mol. The summed E-state index contributed by atoms with van der Waals surface area (Å²) >= 11 is 0. The highest BCUT2D eigenvalue weighted by Gasteiger charge is 2.44. The normalized spacial score (nSPS) is 15.7. The predicted octanol–water partition coefficient (Wildman–Crippen LogP) is 10.2. The van der Waals surface area contributed by atoms with Crippen molar-refractivity contribution in [3.8, 4) is 0 Å². The molecule has 0 fully saturated rings. The number of aliphatic hydroxyl groups is 1. The average Bonchev–Trinajstić information content (AvgIpc) is 2.88. The molecule has 0 aliphatic rings. The number of aliphatic hydroxyl groups excluding tert-OH is 1. The van der Waals surface area contributed by atoms with Gasteiger partial charge < -0.3 is 18.7 Å². The minimum atomic E-state index is -2.08. The lowest BCUT2D eigenvalue weighted by molar-refractivity contribution is -0.143. The van der Waals surface area contributed by atoms with Gasteiger partial charge in [0.2, 0.25) is 0 Å². The number of rotatable bonds is 18. The maximum atomic E-state index is 11.6. The number of carbonyl (C=O) groups excluding carboxylic acids is 1. The van der Waals surface area contributed by atoms with Crippen LogP contribution in [0.4, 0.5) is 0 Å². The van der Waals surface area contributed by atoms with Crippen LogP contribution in [0, 0.1) is 0 Å². The van der Waals surface area contributed by atoms with E-state index in [1.165, 1.54) is 12.8 Å². The largest absolute Gasteiger partial charge is 0.466 e. The second-order valence-electron chi connectivity index (χ2n) is 14.9. The minimum absolute atomic E-state index is 0.00523. The number of hydrogen-bond donors (Lipinski definition) is 1. The first kappa shape index (κ1) is 39.5. The molecular weight excluding hydrogens is 569 g/mol. The van der Waals surface area contributed by atoms with Gasteiger partial charge in [-0.2, -0.15) is 0 Å². The molecule has 0 radical (unpaired) electrons. The quantitative estimate of drug-likeness (QED) is 0.0991. The van der Waals surface area contributed by atoms with Crippen molar-refractivity contribution < 1.29 is 23.5 Å². The summed E-state index contributed by atoms with van der Waals surface area (Å²) in [6, 6.07) is 8.31. The molecule has 0 spiro atoms. The summed E-state index contributed by atoms with van der Waals surface area (Å²) in [5.74, 6) is -0.212. The molecule has 5 nitrogen and oxygen atoms in total. The summed E-state index contributed by atoms with van der Waals surface area (Å²) in [5, 5.41) is 10.6. The second kappa shape index (κ2) is 17.8. The highest BCUT2D eigenvalue weighted by atomic mass is 28.4. The van der Waals surface area contributed by atoms with E-state index in [0.29, 0.717) is 25.9 Å². The topological polar surface area (TPSA) is 65.0 Å². The van der Waals surface area contributed by atoms with Gasteiger partial charge in [-0.15, -0.1) is 0 Å². The molecule has 43 heavy (non-hydrogen) atoms. The van der Waals surface area contributed by atoms with Crippen molar-refractivity contribution in [2.45, 2.75) is 155 Å². The van der Waals surface area contributed by atoms with Crippen molar-refractivity contribution in [2.24, 2.45) is 0 Å². The molecule has 7 heteroatoms. The SMILES string of the molecule is CCCCCC(O[Si](C)(C)C(C)(C)C)C(/C=C/c1cccc(/C=C/C(O)CCCC(=O)OCC)c1)O[Si](C)(C)C(C)(C)C. The molecule has 246 valence electrons. The third-order valence-corrected chi connectivity index (χ3v) is 18.0. The Hall–Kier alpha value is -1.52. The average molecular weight is 633 g/mol. The van der Waals surface area contributed by atoms with Crippen LogP contribution in [-0.2, 0) is 18.4 Å². The van der Waals surface area contributed by atoms with Crippen molar-refractivity contribution >= 4 is 34.8 Å². The molecule has 0 saturated carbocycles. The van der Waals surface area contributed by atoms with Crippen molar-refractivity contribution in [3.05, 3.63) is 47.5 Å². The molecule has 1 N–H and O–H groups in total. The molecule has 3 unspecified atom stereocenters. The van der Waals surface area contributed by atoms with Gasteiger partial charge in [0.25, 0.3) is 0 Å². The van der Waals surface area contributed by atoms with Gasteiger partial charge >= 0.3 is 5.97 Å². The molecule has 0 aromatic heterocycles. The van der Waals surface area contributed by atoms with E-state index in [9.17, 15) is 9.90 Å². The Kier molecular flexibility index (Phi) is 16.4. The van der Waals surface area contributed by atoms with Crippen LogP contribution in [0.5, 0.6) is 0 Å². The van der Waals surface area contributed by atoms with Crippen molar-refractivity contribution in [3.63, 3.8) is 0 Å². The van der Waals surface area contributed by atoms with E-state index in [4.69, 9.17) is 13.6 Å². The van der Waals surface area contributed by atoms with E-state index < -0.39 is 22.7 Å². The van der Waals surface area contributed by atoms with Crippen LogP contribution >= 0.6 is 0 Å². The van der Waals surface area contributed by atoms with Gasteiger partial charge in [-0.3, -0.25) is 4.79 Å². The van der Waals surface area contributed by atoms with E-state index in [0.717, 1.165) is 24.0 Å². The molecule has 0 aliphatic heterocycles. The minimum Gasteiger partial charge on any atom is -0.466 e. The van der Waals surface area contributed by atoms with Crippen molar-refractivity contribution in [1.29, 1.82) is 0 Å². The summed E-state index contributed by atoms with van der Waals surface area (Å²) < 4.78 is 19.2. The fourth-order valence-corrected chi connectivity index (χ4v) is 6.80. The summed E-state index contributed by atoms with van der Waals surface area (Å²) in [5.41, 5.74) is 2.10. The molecule has 0 amide bonds. The van der Waals surface area contributed by atoms with Gasteiger partial charge in [0, 0.05) is 6.42 Å². The Labute approximate surface area is 266 Å². The highest BCUT2D eigenvalue weighted by molar-refractivity contribution is 6.74. The van der Waals surface area contributed by atoms with Crippen LogP contribution < -0.4 is 0 Å². The van der Waals surface area contributed by atoms with Crippen LogP contribution in [0.2, 0.25) is 36.3 Å². The summed E-state index contributed by atoms with van der Waals surface area (Å²) in [7, 11) is -4.11. The first-order valence-corrected chi connectivity index (χ1v) is 22.3. The third kappa shape index (κ3) is 14.4. The highest BCUT2D eigenvalue weighted by Crippen LogP contribution is 2.41. The Morgan fingerprint density at radius 3 is 1.93 bits per heavy atom. The van der Waals surface area contributed by atoms with Gasteiger partial charge in [0.05, 0.1) is 24.9 Å². The molecule has 1 aromatic carbocycles. The first-order chi connectivity index (χ1) is 19.8. The summed E-state index contributed by atoms with van der Waals surface area (Å²) in [4.78, 5) is 11.6. The van der Waals surface area contributed by atoms with Gasteiger partial charge in [-0.1, -0.05) is 110 Å². The molecular formula is C36H64O5Si2. The van der Waals surface area contributed by atoms with Gasteiger partial charge in [0.15, 0.2) is 16.6 Å². The third-order valence-electron chi connectivity index (χ3n) is 9.03. The fraction of sp³-hybridized carbons (Fsp3) is 0.694. The zero-order valence-electron chi connectivity index (χ0n) is 29.6. The van der Waals surface area contributed by atoms with E-state index >= 15 is 0 Å². The predicted molar refractivity (Wildman–Crippen MR) is 189 cm³/mol. The molecule has 1 rings (SSSR count). The molecule has 0 aliphatic carbocycles. The lowest BCUT2D eigenvalue weighted by Crippen LogP contribution is -2.51. The van der Waals surface area contributed by atoms with Crippen LogP contribution in [0.25, 0.3) is 12.2 Å². The number of hydrogen-bond acceptors (Lipinski definition) is 5. The van der Waals surface area contributed by atoms with Crippen LogP contribution in [0.1, 0.15) is 111 Å². The Morgan fingerprint density at radius 1 is 0.837 bits per heavy atom. The number of ether oxygens (including phenoxy) is 1. The number of unbranched alkanes of at least 4 members (excludes halogenated alkanes) is 2. The smallest absolute Gasteiger partial charge is 0.305 e. The Bertz CT molecular complexity index is 1020. The zero-order valence-corrected chi connectivity index (χ0v) is 31.6. The number of carbonyl (C=O) groups is 1. The standard InChI is InChI=1S/C36H64O5Si2/c1-13-15-16-22-32(40-42(9,10)35(3,4)5)33(41-43(11,12)36(6,7)8)27-25-30-20-17-19-29(28-30)24-26-31(37)21-18-23-34(38)39-14-2/h17,19-20,24-28,31-33,37H,13-16,18,21-23H2,1-12H3/b26-24+,27-25+. The maximum Gasteiger partial charge on any atom is 0.305 e. The zero-order chi connectivity index (χ0) is 32.9. The fourth-order valence-electron chi connectivity index (χ4n) is 4.18. The lowest BCUT2D eigenvalue weighted by atomic mass is 10.0. The number of esters is 1.